The molecule has 0 aromatic rings. The van der Waals surface area contributed by atoms with E-state index in [9.17, 15) is 24.3 Å². The molecule has 0 bridgehead atoms. The van der Waals surface area contributed by atoms with Crippen molar-refractivity contribution in [1.29, 1.82) is 0 Å². The third kappa shape index (κ3) is 6.84. The highest BCUT2D eigenvalue weighted by Crippen LogP contribution is 2.21. The van der Waals surface area contributed by atoms with Crippen LogP contribution in [0.1, 0.15) is 65.7 Å². The van der Waals surface area contributed by atoms with E-state index < -0.39 is 41.8 Å². The van der Waals surface area contributed by atoms with Crippen molar-refractivity contribution in [2.45, 2.75) is 77.8 Å². The number of nitrogens with zero attached hydrogens (tertiary/aromatic N) is 1. The molecule has 2 amide bonds. The van der Waals surface area contributed by atoms with E-state index >= 15 is 0 Å². The fourth-order valence-electron chi connectivity index (χ4n) is 3.43. The number of likely N-dealkylation sites (tertiary alicyclic amines) is 1. The van der Waals surface area contributed by atoms with Crippen LogP contribution in [0.4, 0.5) is 0 Å². The maximum atomic E-state index is 12.9. The van der Waals surface area contributed by atoms with Gasteiger partial charge in [0.25, 0.3) is 0 Å². The Labute approximate surface area is 160 Å². The number of hydrogen-bond donors (Lipinski definition) is 3. The van der Waals surface area contributed by atoms with Crippen LogP contribution in [0.25, 0.3) is 0 Å². The first-order chi connectivity index (χ1) is 12.7. The lowest BCUT2D eigenvalue weighted by molar-refractivity contribution is -0.150. The summed E-state index contributed by atoms with van der Waals surface area (Å²) in [6, 6.07) is -1.73. The molecule has 1 heterocycles. The van der Waals surface area contributed by atoms with Gasteiger partial charge in [0.2, 0.25) is 11.8 Å². The number of amides is 2. The molecule has 1 aliphatic rings. The summed E-state index contributed by atoms with van der Waals surface area (Å²) >= 11 is 0. The summed E-state index contributed by atoms with van der Waals surface area (Å²) in [4.78, 5) is 49.3. The zero-order valence-electron chi connectivity index (χ0n) is 16.4. The van der Waals surface area contributed by atoms with Crippen LogP contribution in [-0.2, 0) is 19.2 Å². The fourth-order valence-corrected chi connectivity index (χ4v) is 3.43. The van der Waals surface area contributed by atoms with E-state index in [1.165, 1.54) is 4.90 Å². The molecule has 8 heteroatoms. The highest BCUT2D eigenvalue weighted by Gasteiger charge is 2.39. The molecule has 0 radical (unpaired) electrons. The molecule has 0 saturated carbocycles. The number of nitrogens with one attached hydrogen (secondary N) is 1. The molecule has 3 N–H and O–H groups in total. The molecule has 0 spiro atoms. The minimum atomic E-state index is -1.05. The Kier molecular flexibility index (Phi) is 9.25. The lowest BCUT2D eigenvalue weighted by atomic mass is 9.95. The van der Waals surface area contributed by atoms with Gasteiger partial charge in [0, 0.05) is 12.5 Å². The van der Waals surface area contributed by atoms with Crippen LogP contribution in [0.2, 0.25) is 0 Å². The topological polar surface area (TPSA) is 124 Å². The van der Waals surface area contributed by atoms with Gasteiger partial charge in [-0.2, -0.15) is 0 Å². The van der Waals surface area contributed by atoms with Crippen molar-refractivity contribution in [3.63, 3.8) is 0 Å². The zero-order chi connectivity index (χ0) is 20.6. The Bertz CT molecular complexity index is 548. The van der Waals surface area contributed by atoms with E-state index in [2.05, 4.69) is 5.32 Å². The van der Waals surface area contributed by atoms with Crippen LogP contribution in [0, 0.1) is 11.8 Å². The van der Waals surface area contributed by atoms with Gasteiger partial charge in [0.15, 0.2) is 0 Å². The van der Waals surface area contributed by atoms with Gasteiger partial charge in [-0.25, -0.2) is 4.79 Å². The zero-order valence-corrected chi connectivity index (χ0v) is 16.4. The van der Waals surface area contributed by atoms with E-state index in [1.807, 2.05) is 6.92 Å². The average Bonchev–Trinajstić information content (AvgIpc) is 3.07. The van der Waals surface area contributed by atoms with Gasteiger partial charge in [0.05, 0.1) is 6.42 Å². The van der Waals surface area contributed by atoms with Gasteiger partial charge in [-0.15, -0.1) is 0 Å². The first-order valence-corrected chi connectivity index (χ1v) is 9.74. The molecule has 0 aromatic heterocycles. The summed E-state index contributed by atoms with van der Waals surface area (Å²) in [5, 5.41) is 21.1. The minimum Gasteiger partial charge on any atom is -0.481 e. The van der Waals surface area contributed by atoms with Crippen LogP contribution in [0.5, 0.6) is 0 Å². The second-order valence-corrected chi connectivity index (χ2v) is 7.55. The van der Waals surface area contributed by atoms with Crippen molar-refractivity contribution in [2.24, 2.45) is 11.8 Å². The number of rotatable bonds is 11. The number of carbonyl (C=O) groups excluding carboxylic acids is 2. The smallest absolute Gasteiger partial charge is 0.326 e. The molecule has 8 nitrogen and oxygen atoms in total. The molecule has 1 saturated heterocycles. The quantitative estimate of drug-likeness (QED) is 0.467. The van der Waals surface area contributed by atoms with Crippen LogP contribution in [0.3, 0.4) is 0 Å². The van der Waals surface area contributed by atoms with Gasteiger partial charge < -0.3 is 20.4 Å². The van der Waals surface area contributed by atoms with Gasteiger partial charge in [-0.3, -0.25) is 14.4 Å². The molecular formula is C19H32N2O6. The normalized spacial score (nSPS) is 19.0. The Morgan fingerprint density at radius 1 is 1.15 bits per heavy atom. The number of hydrogen-bond acceptors (Lipinski definition) is 4. The number of carboxylic acids is 2. The fraction of sp³-hybridized carbons (Fsp3) is 0.789. The number of aliphatic carboxylic acids is 2. The van der Waals surface area contributed by atoms with E-state index in [0.29, 0.717) is 25.8 Å². The molecule has 154 valence electrons. The first kappa shape index (κ1) is 22.9. The number of carbonyl (C=O) groups is 4. The summed E-state index contributed by atoms with van der Waals surface area (Å²) in [6.07, 6.45) is 3.79. The molecule has 0 aromatic carbocycles. The van der Waals surface area contributed by atoms with Crippen LogP contribution in [0.15, 0.2) is 0 Å². The standard InChI is InChI=1S/C19H32N2O6/c1-4-5-6-8-13(11-15(22)23)17(24)20-16(12(2)3)18(25)21-10-7-9-14(21)19(26)27/h12-14,16H,4-11H2,1-3H3,(H,20,24)(H,22,23)(H,26,27)/t13?,14-,16+/m0/s1. The summed E-state index contributed by atoms with van der Waals surface area (Å²) in [5.41, 5.74) is 0. The Morgan fingerprint density at radius 3 is 2.33 bits per heavy atom. The van der Waals surface area contributed by atoms with Crippen molar-refractivity contribution in [1.82, 2.24) is 10.2 Å². The molecule has 1 aliphatic heterocycles. The number of unbranched alkanes of at least 4 members (excludes halogenated alkanes) is 2. The SMILES string of the molecule is CCCCCC(CC(=O)O)C(=O)N[C@@H](C(=O)N1CCC[C@H]1C(=O)O)C(C)C. The molecule has 3 atom stereocenters. The van der Waals surface area contributed by atoms with Gasteiger partial charge in [-0.05, 0) is 25.2 Å². The summed E-state index contributed by atoms with van der Waals surface area (Å²) in [6.45, 7) is 5.93. The van der Waals surface area contributed by atoms with Gasteiger partial charge >= 0.3 is 11.9 Å². The highest BCUT2D eigenvalue weighted by molar-refractivity contribution is 5.92. The Morgan fingerprint density at radius 2 is 1.81 bits per heavy atom. The lowest BCUT2D eigenvalue weighted by Gasteiger charge is -2.30. The first-order valence-electron chi connectivity index (χ1n) is 9.74. The number of carboxylic acid groups (broad SMARTS) is 2. The Balaban J connectivity index is 2.86. The monoisotopic (exact) mass is 384 g/mol. The summed E-state index contributed by atoms with van der Waals surface area (Å²) < 4.78 is 0. The van der Waals surface area contributed by atoms with Crippen LogP contribution >= 0.6 is 0 Å². The van der Waals surface area contributed by atoms with Gasteiger partial charge in [0.1, 0.15) is 12.1 Å². The van der Waals surface area contributed by atoms with E-state index in [-0.39, 0.29) is 12.3 Å². The van der Waals surface area contributed by atoms with E-state index in [0.717, 1.165) is 19.3 Å². The molecule has 27 heavy (non-hydrogen) atoms. The van der Waals surface area contributed by atoms with E-state index in [1.54, 1.807) is 13.8 Å². The predicted octanol–water partition coefficient (Wildman–Crippen LogP) is 1.87. The summed E-state index contributed by atoms with van der Waals surface area (Å²) in [7, 11) is 0. The van der Waals surface area contributed by atoms with Crippen molar-refractivity contribution < 1.29 is 29.4 Å². The predicted molar refractivity (Wildman–Crippen MR) is 99.0 cm³/mol. The second-order valence-electron chi connectivity index (χ2n) is 7.55. The summed E-state index contributed by atoms with van der Waals surface area (Å²) in [5.74, 6) is -3.89. The molecular weight excluding hydrogens is 352 g/mol. The largest absolute Gasteiger partial charge is 0.481 e. The highest BCUT2D eigenvalue weighted by atomic mass is 16.4. The second kappa shape index (κ2) is 10.9. The van der Waals surface area contributed by atoms with Crippen molar-refractivity contribution in [3.05, 3.63) is 0 Å². The van der Waals surface area contributed by atoms with E-state index in [4.69, 9.17) is 5.11 Å². The lowest BCUT2D eigenvalue weighted by Crippen LogP contribution is -2.54. The third-order valence-corrected chi connectivity index (χ3v) is 5.00. The third-order valence-electron chi connectivity index (χ3n) is 5.00. The van der Waals surface area contributed by atoms with Crippen molar-refractivity contribution in [2.75, 3.05) is 6.54 Å². The molecule has 0 aliphatic carbocycles. The molecule has 1 fully saturated rings. The molecule has 1 unspecified atom stereocenters. The van der Waals surface area contributed by atoms with Crippen molar-refractivity contribution in [3.8, 4) is 0 Å². The molecule has 1 rings (SSSR count). The minimum absolute atomic E-state index is 0.238. The maximum Gasteiger partial charge on any atom is 0.326 e. The van der Waals surface area contributed by atoms with Gasteiger partial charge in [-0.1, -0.05) is 40.0 Å². The van der Waals surface area contributed by atoms with Crippen LogP contribution < -0.4 is 5.32 Å². The van der Waals surface area contributed by atoms with Crippen LogP contribution in [-0.4, -0.2) is 57.5 Å². The maximum absolute atomic E-state index is 12.9. The Hall–Kier alpha value is -2.12. The van der Waals surface area contributed by atoms with Crippen molar-refractivity contribution >= 4 is 23.8 Å². The average molecular weight is 384 g/mol.